The molecule has 8 heteroatoms. The zero-order chi connectivity index (χ0) is 10.0. The molecule has 0 aliphatic carbocycles. The van der Waals surface area contributed by atoms with Gasteiger partial charge in [0.2, 0.25) is 0 Å². The normalized spacial score (nSPS) is 8.14. The van der Waals surface area contributed by atoms with Crippen LogP contribution in [0.3, 0.4) is 0 Å². The second-order valence-corrected chi connectivity index (χ2v) is 2.34. The van der Waals surface area contributed by atoms with Gasteiger partial charge in [0.25, 0.3) is 0 Å². The molecule has 0 saturated carbocycles. The Balaban J connectivity index is -0.0000000651. The van der Waals surface area contributed by atoms with Gasteiger partial charge in [-0.15, -0.1) is 13.2 Å². The van der Waals surface area contributed by atoms with Crippen LogP contribution in [0.2, 0.25) is 0 Å². The minimum atomic E-state index is -5.17. The zero-order valence-corrected chi connectivity index (χ0v) is 15.5. The van der Waals surface area contributed by atoms with Gasteiger partial charge in [-0.3, -0.25) is 8.42 Å². The molecule has 0 aliphatic heterocycles. The van der Waals surface area contributed by atoms with E-state index in [-0.39, 0.29) is 103 Å². The molecule has 0 heterocycles. The van der Waals surface area contributed by atoms with Crippen molar-refractivity contribution in [1.29, 1.82) is 0 Å². The molecule has 0 aromatic rings. The maximum Gasteiger partial charge on any atom is 1.00 e. The first-order valence-electron chi connectivity index (χ1n) is 2.88. The van der Waals surface area contributed by atoms with Gasteiger partial charge in [-0.25, -0.2) is 0 Å². The van der Waals surface area contributed by atoms with Crippen molar-refractivity contribution in [3.63, 3.8) is 0 Å². The monoisotopic (exact) mass is 272 g/mol. The Bertz CT molecular complexity index is 198. The van der Waals surface area contributed by atoms with Crippen LogP contribution in [-0.2, 0) is 15.1 Å². The topological polar surface area (TPSA) is 89.5 Å². The number of ether oxygens (including phenoxy) is 1. The summed E-state index contributed by atoms with van der Waals surface area (Å²) < 4.78 is 39.0. The standard InChI is InChI=1S/C6H10O.2K.H2O4S/c1-3-5-7-6-4-2;;;1-5(2,3)4/h3-4H,1-2,5-6H2;;;(H2,1,2,3,4)/q;2*+1;/p-2. The molecule has 0 rings (SSSR count). The predicted molar refractivity (Wildman–Crippen MR) is 41.7 cm³/mol. The van der Waals surface area contributed by atoms with Crippen LogP contribution in [0.5, 0.6) is 0 Å². The molecule has 0 spiro atoms. The summed E-state index contributed by atoms with van der Waals surface area (Å²) in [6.07, 6.45) is 3.42. The van der Waals surface area contributed by atoms with E-state index in [1.54, 1.807) is 12.2 Å². The van der Waals surface area contributed by atoms with Crippen molar-refractivity contribution in [1.82, 2.24) is 0 Å². The minimum Gasteiger partial charge on any atom is -0.759 e. The average Bonchev–Trinajstić information content (AvgIpc) is 1.85. The molecule has 0 aromatic heterocycles. The van der Waals surface area contributed by atoms with E-state index in [4.69, 9.17) is 22.3 Å². The molecule has 0 aromatic carbocycles. The van der Waals surface area contributed by atoms with Gasteiger partial charge >= 0.3 is 103 Å². The second kappa shape index (κ2) is 18.0. The van der Waals surface area contributed by atoms with E-state index in [2.05, 4.69) is 13.2 Å². The van der Waals surface area contributed by atoms with Crippen molar-refractivity contribution in [3.8, 4) is 0 Å². The van der Waals surface area contributed by atoms with Crippen LogP contribution in [0.25, 0.3) is 0 Å². The second-order valence-electron chi connectivity index (χ2n) is 1.52. The first kappa shape index (κ1) is 25.4. The van der Waals surface area contributed by atoms with Crippen molar-refractivity contribution < 1.29 is 125 Å². The Labute approximate surface area is 170 Å². The fraction of sp³-hybridized carbons (Fsp3) is 0.333. The van der Waals surface area contributed by atoms with Gasteiger partial charge in [0.05, 0.1) is 13.2 Å². The van der Waals surface area contributed by atoms with Crippen LogP contribution >= 0.6 is 0 Å². The maximum atomic E-state index is 8.52. The minimum absolute atomic E-state index is 0. The van der Waals surface area contributed by atoms with Crippen molar-refractivity contribution in [2.45, 2.75) is 0 Å². The molecule has 0 bridgehead atoms. The molecule has 0 amide bonds. The van der Waals surface area contributed by atoms with E-state index in [9.17, 15) is 0 Å². The third kappa shape index (κ3) is 62.1. The van der Waals surface area contributed by atoms with E-state index >= 15 is 0 Å². The molecule has 0 unspecified atom stereocenters. The summed E-state index contributed by atoms with van der Waals surface area (Å²) in [5.74, 6) is 0. The Morgan fingerprint density at radius 2 is 1.29 bits per heavy atom. The van der Waals surface area contributed by atoms with E-state index in [1.165, 1.54) is 0 Å². The Morgan fingerprint density at radius 3 is 1.43 bits per heavy atom. The fourth-order valence-electron chi connectivity index (χ4n) is 0.235. The summed E-state index contributed by atoms with van der Waals surface area (Å²) in [5.41, 5.74) is 0. The van der Waals surface area contributed by atoms with Crippen molar-refractivity contribution in [2.24, 2.45) is 0 Å². The Morgan fingerprint density at radius 1 is 1.07 bits per heavy atom. The SMILES string of the molecule is C=CCOCC=C.O=S(=O)([O-])[O-].[K+].[K+]. The van der Waals surface area contributed by atoms with Crippen LogP contribution in [0.15, 0.2) is 25.3 Å². The Kier molecular flexibility index (Phi) is 32.6. The number of hydrogen-bond donors (Lipinski definition) is 0. The molecule has 72 valence electrons. The molecular weight excluding hydrogens is 262 g/mol. The largest absolute Gasteiger partial charge is 1.00 e. The smallest absolute Gasteiger partial charge is 0.759 e. The summed E-state index contributed by atoms with van der Waals surface area (Å²) in [6, 6.07) is 0. The van der Waals surface area contributed by atoms with Crippen LogP contribution in [-0.4, -0.2) is 30.7 Å². The third-order valence-corrected chi connectivity index (χ3v) is 0.471. The van der Waals surface area contributed by atoms with E-state index in [0.717, 1.165) is 0 Å². The van der Waals surface area contributed by atoms with Crippen molar-refractivity contribution in [3.05, 3.63) is 25.3 Å². The molecular formula is C6H10K2O5S. The fourth-order valence-corrected chi connectivity index (χ4v) is 0.235. The summed E-state index contributed by atoms with van der Waals surface area (Å²) in [6.45, 7) is 8.18. The van der Waals surface area contributed by atoms with Crippen LogP contribution in [0.4, 0.5) is 0 Å². The van der Waals surface area contributed by atoms with Gasteiger partial charge < -0.3 is 13.8 Å². The molecule has 5 nitrogen and oxygen atoms in total. The average molecular weight is 272 g/mol. The predicted octanol–water partition coefficient (Wildman–Crippen LogP) is -5.95. The van der Waals surface area contributed by atoms with Gasteiger partial charge in [0.15, 0.2) is 0 Å². The number of hydrogen-bond acceptors (Lipinski definition) is 5. The van der Waals surface area contributed by atoms with Gasteiger partial charge in [0, 0.05) is 10.4 Å². The van der Waals surface area contributed by atoms with E-state index in [1.807, 2.05) is 0 Å². The molecule has 0 radical (unpaired) electrons. The quantitative estimate of drug-likeness (QED) is 0.167. The van der Waals surface area contributed by atoms with Gasteiger partial charge in [-0.05, 0) is 0 Å². The van der Waals surface area contributed by atoms with Gasteiger partial charge in [0.1, 0.15) is 0 Å². The van der Waals surface area contributed by atoms with E-state index < -0.39 is 10.4 Å². The van der Waals surface area contributed by atoms with E-state index in [0.29, 0.717) is 13.2 Å². The number of rotatable bonds is 4. The molecule has 0 saturated heterocycles. The van der Waals surface area contributed by atoms with Crippen LogP contribution in [0.1, 0.15) is 0 Å². The van der Waals surface area contributed by atoms with Crippen molar-refractivity contribution in [2.75, 3.05) is 13.2 Å². The maximum absolute atomic E-state index is 8.52. The van der Waals surface area contributed by atoms with Crippen LogP contribution < -0.4 is 103 Å². The van der Waals surface area contributed by atoms with Gasteiger partial charge in [-0.1, -0.05) is 12.2 Å². The molecule has 0 atom stereocenters. The third-order valence-electron chi connectivity index (χ3n) is 0.471. The van der Waals surface area contributed by atoms with Crippen molar-refractivity contribution >= 4 is 10.4 Å². The molecule has 0 fully saturated rings. The molecule has 0 N–H and O–H groups in total. The molecule has 14 heavy (non-hydrogen) atoms. The summed E-state index contributed by atoms with van der Waals surface area (Å²) in [5, 5.41) is 0. The van der Waals surface area contributed by atoms with Crippen LogP contribution in [0, 0.1) is 0 Å². The first-order valence-corrected chi connectivity index (χ1v) is 4.21. The molecule has 0 aliphatic rings. The zero-order valence-electron chi connectivity index (χ0n) is 8.43. The summed E-state index contributed by atoms with van der Waals surface area (Å²) >= 11 is 0. The first-order chi connectivity index (χ1) is 5.41. The summed E-state index contributed by atoms with van der Waals surface area (Å²) in [4.78, 5) is 0. The summed E-state index contributed by atoms with van der Waals surface area (Å²) in [7, 11) is -5.17. The Hall–Kier alpha value is 2.58. The van der Waals surface area contributed by atoms with Gasteiger partial charge in [-0.2, -0.15) is 0 Å².